The van der Waals surface area contributed by atoms with E-state index in [1.165, 1.54) is 48.4 Å². The summed E-state index contributed by atoms with van der Waals surface area (Å²) in [5.74, 6) is 1.90. The molecular weight excluding hydrogens is 294 g/mol. The molecule has 2 nitrogen and oxygen atoms in total. The minimum Gasteiger partial charge on any atom is -0.490 e. The van der Waals surface area contributed by atoms with Crippen molar-refractivity contribution in [1.82, 2.24) is 5.32 Å². The van der Waals surface area contributed by atoms with Crippen LogP contribution in [0.1, 0.15) is 57.9 Å². The van der Waals surface area contributed by atoms with Crippen molar-refractivity contribution in [2.24, 2.45) is 5.92 Å². The first kappa shape index (κ1) is 17.3. The zero-order valence-electron chi connectivity index (χ0n) is 15.2. The number of benzene rings is 2. The van der Waals surface area contributed by atoms with Crippen molar-refractivity contribution >= 4 is 10.8 Å². The second kappa shape index (κ2) is 8.53. The van der Waals surface area contributed by atoms with Crippen LogP contribution in [-0.4, -0.2) is 12.6 Å². The Balaban J connectivity index is 1.76. The van der Waals surface area contributed by atoms with Crippen LogP contribution in [-0.2, 0) is 6.54 Å². The third-order valence-electron chi connectivity index (χ3n) is 5.36. The molecule has 130 valence electrons. The SMILES string of the molecule is CCC(C)Oc1ccc2ccccc2c1CNCC1CCCCC1. The van der Waals surface area contributed by atoms with Crippen LogP contribution in [0.4, 0.5) is 0 Å². The molecule has 24 heavy (non-hydrogen) atoms. The van der Waals surface area contributed by atoms with Crippen LogP contribution in [0, 0.1) is 5.92 Å². The van der Waals surface area contributed by atoms with Crippen molar-refractivity contribution in [3.63, 3.8) is 0 Å². The molecule has 2 aromatic rings. The van der Waals surface area contributed by atoms with Crippen molar-refractivity contribution in [2.75, 3.05) is 6.54 Å². The highest BCUT2D eigenvalue weighted by Gasteiger charge is 2.15. The Morgan fingerprint density at radius 3 is 2.67 bits per heavy atom. The van der Waals surface area contributed by atoms with Gasteiger partial charge in [-0.15, -0.1) is 0 Å². The van der Waals surface area contributed by atoms with Crippen LogP contribution in [0.5, 0.6) is 5.75 Å². The lowest BCUT2D eigenvalue weighted by Crippen LogP contribution is -2.24. The van der Waals surface area contributed by atoms with Gasteiger partial charge in [-0.3, -0.25) is 0 Å². The molecule has 0 amide bonds. The molecule has 1 atom stereocenters. The molecule has 1 N–H and O–H groups in total. The predicted octanol–water partition coefficient (Wildman–Crippen LogP) is 5.69. The predicted molar refractivity (Wildman–Crippen MR) is 103 cm³/mol. The molecule has 1 unspecified atom stereocenters. The summed E-state index contributed by atoms with van der Waals surface area (Å²) >= 11 is 0. The molecule has 0 radical (unpaired) electrons. The van der Waals surface area contributed by atoms with Gasteiger partial charge in [0.05, 0.1) is 6.10 Å². The second-order valence-corrected chi connectivity index (χ2v) is 7.24. The third-order valence-corrected chi connectivity index (χ3v) is 5.36. The molecule has 0 bridgehead atoms. The summed E-state index contributed by atoms with van der Waals surface area (Å²) in [7, 11) is 0. The Hall–Kier alpha value is -1.54. The summed E-state index contributed by atoms with van der Waals surface area (Å²) in [5.41, 5.74) is 1.31. The van der Waals surface area contributed by atoms with Crippen molar-refractivity contribution in [2.45, 2.75) is 65.0 Å². The highest BCUT2D eigenvalue weighted by atomic mass is 16.5. The summed E-state index contributed by atoms with van der Waals surface area (Å²) in [6.45, 7) is 6.34. The Kier molecular flexibility index (Phi) is 6.14. The van der Waals surface area contributed by atoms with Crippen molar-refractivity contribution in [3.05, 3.63) is 42.0 Å². The maximum Gasteiger partial charge on any atom is 0.124 e. The quantitative estimate of drug-likeness (QED) is 0.706. The summed E-state index contributed by atoms with van der Waals surface area (Å²) in [6.07, 6.45) is 8.29. The van der Waals surface area contributed by atoms with Gasteiger partial charge in [0.25, 0.3) is 0 Å². The fraction of sp³-hybridized carbons (Fsp3) is 0.545. The standard InChI is InChI=1S/C22H31NO/c1-3-17(2)24-22-14-13-19-11-7-8-12-20(19)21(22)16-23-15-18-9-5-4-6-10-18/h7-8,11-14,17-18,23H,3-6,9-10,15-16H2,1-2H3. The van der Waals surface area contributed by atoms with E-state index in [9.17, 15) is 0 Å². The van der Waals surface area contributed by atoms with Gasteiger partial charge in [-0.25, -0.2) is 0 Å². The van der Waals surface area contributed by atoms with Crippen LogP contribution in [0.25, 0.3) is 10.8 Å². The van der Waals surface area contributed by atoms with Gasteiger partial charge in [0.1, 0.15) is 5.75 Å². The van der Waals surface area contributed by atoms with Gasteiger partial charge in [0.2, 0.25) is 0 Å². The topological polar surface area (TPSA) is 21.3 Å². The Bertz CT molecular complexity index is 645. The van der Waals surface area contributed by atoms with E-state index in [2.05, 4.69) is 55.6 Å². The van der Waals surface area contributed by atoms with Gasteiger partial charge in [0.15, 0.2) is 0 Å². The van der Waals surface area contributed by atoms with E-state index in [1.54, 1.807) is 0 Å². The maximum absolute atomic E-state index is 6.21. The van der Waals surface area contributed by atoms with E-state index in [-0.39, 0.29) is 6.10 Å². The van der Waals surface area contributed by atoms with Gasteiger partial charge < -0.3 is 10.1 Å². The number of hydrogen-bond acceptors (Lipinski definition) is 2. The lowest BCUT2D eigenvalue weighted by molar-refractivity contribution is 0.215. The smallest absolute Gasteiger partial charge is 0.124 e. The van der Waals surface area contributed by atoms with Gasteiger partial charge in [-0.2, -0.15) is 0 Å². The lowest BCUT2D eigenvalue weighted by atomic mass is 9.89. The summed E-state index contributed by atoms with van der Waals surface area (Å²) in [4.78, 5) is 0. The highest BCUT2D eigenvalue weighted by molar-refractivity contribution is 5.87. The number of fused-ring (bicyclic) bond motifs is 1. The van der Waals surface area contributed by atoms with Crippen molar-refractivity contribution in [3.8, 4) is 5.75 Å². The third kappa shape index (κ3) is 4.30. The van der Waals surface area contributed by atoms with Crippen molar-refractivity contribution in [1.29, 1.82) is 0 Å². The molecule has 0 heterocycles. The first-order chi connectivity index (χ1) is 11.8. The number of rotatable bonds is 7. The average Bonchev–Trinajstić information content (AvgIpc) is 2.64. The molecule has 1 fully saturated rings. The molecule has 0 aliphatic heterocycles. The van der Waals surface area contributed by atoms with E-state index in [0.717, 1.165) is 31.2 Å². The maximum atomic E-state index is 6.21. The van der Waals surface area contributed by atoms with Crippen LogP contribution < -0.4 is 10.1 Å². The zero-order chi connectivity index (χ0) is 16.8. The van der Waals surface area contributed by atoms with Gasteiger partial charge in [-0.1, -0.05) is 56.5 Å². The lowest BCUT2D eigenvalue weighted by Gasteiger charge is -2.23. The molecule has 1 aliphatic carbocycles. The van der Waals surface area contributed by atoms with E-state index in [0.29, 0.717) is 0 Å². The Morgan fingerprint density at radius 1 is 1.08 bits per heavy atom. The molecule has 0 spiro atoms. The number of nitrogens with one attached hydrogen (secondary N) is 1. The fourth-order valence-corrected chi connectivity index (χ4v) is 3.70. The highest BCUT2D eigenvalue weighted by Crippen LogP contribution is 2.29. The first-order valence-corrected chi connectivity index (χ1v) is 9.66. The molecule has 0 saturated heterocycles. The largest absolute Gasteiger partial charge is 0.490 e. The van der Waals surface area contributed by atoms with Gasteiger partial charge in [0, 0.05) is 12.1 Å². The van der Waals surface area contributed by atoms with E-state index >= 15 is 0 Å². The molecule has 2 heteroatoms. The summed E-state index contributed by atoms with van der Waals surface area (Å²) in [5, 5.41) is 6.32. The summed E-state index contributed by atoms with van der Waals surface area (Å²) < 4.78 is 6.21. The van der Waals surface area contributed by atoms with Crippen LogP contribution >= 0.6 is 0 Å². The van der Waals surface area contributed by atoms with Gasteiger partial charge >= 0.3 is 0 Å². The minimum absolute atomic E-state index is 0.253. The first-order valence-electron chi connectivity index (χ1n) is 9.66. The molecule has 3 rings (SSSR count). The fourth-order valence-electron chi connectivity index (χ4n) is 3.70. The molecule has 2 aromatic carbocycles. The average molecular weight is 325 g/mol. The molecular formula is C22H31NO. The van der Waals surface area contributed by atoms with E-state index in [4.69, 9.17) is 4.74 Å². The summed E-state index contributed by atoms with van der Waals surface area (Å²) in [6, 6.07) is 13.0. The van der Waals surface area contributed by atoms with Crippen LogP contribution in [0.3, 0.4) is 0 Å². The van der Waals surface area contributed by atoms with E-state index in [1.807, 2.05) is 0 Å². The number of ether oxygens (including phenoxy) is 1. The monoisotopic (exact) mass is 325 g/mol. The Morgan fingerprint density at radius 2 is 1.88 bits per heavy atom. The van der Waals surface area contributed by atoms with Crippen LogP contribution in [0.15, 0.2) is 36.4 Å². The molecule has 1 saturated carbocycles. The molecule has 0 aromatic heterocycles. The normalized spacial score (nSPS) is 17.1. The van der Waals surface area contributed by atoms with E-state index < -0.39 is 0 Å². The minimum atomic E-state index is 0.253. The zero-order valence-corrected chi connectivity index (χ0v) is 15.2. The number of hydrogen-bond donors (Lipinski definition) is 1. The molecule has 1 aliphatic rings. The van der Waals surface area contributed by atoms with Crippen molar-refractivity contribution < 1.29 is 4.74 Å². The Labute approximate surface area is 146 Å². The second-order valence-electron chi connectivity index (χ2n) is 7.24. The van der Waals surface area contributed by atoms with Crippen LogP contribution in [0.2, 0.25) is 0 Å². The van der Waals surface area contributed by atoms with Gasteiger partial charge in [-0.05, 0) is 55.5 Å².